The summed E-state index contributed by atoms with van der Waals surface area (Å²) in [6.07, 6.45) is 4.96. The molecule has 0 aromatic heterocycles. The number of anilines is 1. The quantitative estimate of drug-likeness (QED) is 0.0923. The largest absolute Gasteiger partial charge is 0.494 e. The number of nitrogens with one attached hydrogen (secondary N) is 3. The molecule has 0 heterocycles. The molecule has 7 heteroatoms. The molecular formula is C31H36N4O2S. The van der Waals surface area contributed by atoms with Crippen molar-refractivity contribution in [2.75, 3.05) is 24.2 Å². The third kappa shape index (κ3) is 8.63. The van der Waals surface area contributed by atoms with Gasteiger partial charge in [-0.15, -0.1) is 11.8 Å². The Morgan fingerprint density at radius 1 is 1.00 bits per heavy atom. The van der Waals surface area contributed by atoms with Gasteiger partial charge in [0, 0.05) is 22.7 Å². The second-order valence-corrected chi connectivity index (χ2v) is 9.91. The molecule has 198 valence electrons. The fourth-order valence-electron chi connectivity index (χ4n) is 3.70. The molecule has 0 aliphatic rings. The molecule has 0 saturated carbocycles. The van der Waals surface area contributed by atoms with Crippen LogP contribution in [0.25, 0.3) is 17.2 Å². The SMILES string of the molecule is CCCOc1ccc(-c2cccc(/C=C(\C)C(=O)Nc3ccc(SCC(=N)N(C=N)CCC)cc3)c2)cc1. The Kier molecular flexibility index (Phi) is 11.2. The van der Waals surface area contributed by atoms with Crippen molar-refractivity contribution >= 4 is 41.6 Å². The molecule has 3 N–H and O–H groups in total. The first-order chi connectivity index (χ1) is 18.4. The van der Waals surface area contributed by atoms with E-state index in [0.29, 0.717) is 36.0 Å². The molecule has 0 aliphatic carbocycles. The molecule has 0 fully saturated rings. The van der Waals surface area contributed by atoms with E-state index >= 15 is 0 Å². The van der Waals surface area contributed by atoms with Gasteiger partial charge in [0.05, 0.1) is 18.7 Å². The van der Waals surface area contributed by atoms with Crippen molar-refractivity contribution in [3.63, 3.8) is 0 Å². The number of thioether (sulfide) groups is 1. The maximum absolute atomic E-state index is 12.8. The minimum absolute atomic E-state index is 0.156. The van der Waals surface area contributed by atoms with Crippen molar-refractivity contribution in [3.8, 4) is 16.9 Å². The summed E-state index contributed by atoms with van der Waals surface area (Å²) in [7, 11) is 0. The molecule has 0 atom stereocenters. The van der Waals surface area contributed by atoms with Crippen LogP contribution in [0, 0.1) is 10.8 Å². The first-order valence-electron chi connectivity index (χ1n) is 12.8. The molecule has 38 heavy (non-hydrogen) atoms. The summed E-state index contributed by atoms with van der Waals surface area (Å²) in [5.41, 5.74) is 4.45. The van der Waals surface area contributed by atoms with Crippen LogP contribution in [0.1, 0.15) is 39.2 Å². The summed E-state index contributed by atoms with van der Waals surface area (Å²) in [5.74, 6) is 1.61. The summed E-state index contributed by atoms with van der Waals surface area (Å²) in [6, 6.07) is 23.8. The lowest BCUT2D eigenvalue weighted by atomic mass is 10.0. The van der Waals surface area contributed by atoms with Gasteiger partial charge in [-0.2, -0.15) is 0 Å². The summed E-state index contributed by atoms with van der Waals surface area (Å²) in [5, 5.41) is 18.6. The van der Waals surface area contributed by atoms with Crippen LogP contribution < -0.4 is 10.1 Å². The predicted octanol–water partition coefficient (Wildman–Crippen LogP) is 7.57. The normalized spacial score (nSPS) is 11.1. The van der Waals surface area contributed by atoms with Crippen LogP contribution in [0.3, 0.4) is 0 Å². The standard InChI is InChI=1S/C31H36N4O2S/c1-4-17-35(22-32)30(33)21-38-29-15-11-27(12-16-29)34-31(36)23(3)19-24-7-6-8-26(20-24)25-9-13-28(14-10-25)37-18-5-2/h6-16,19-20,22,32-33H,4-5,17-18,21H2,1-3H3,(H,34,36)/b23-19+,32-22?,33-30?. The van der Waals surface area contributed by atoms with Crippen LogP contribution in [-0.2, 0) is 4.79 Å². The fourth-order valence-corrected chi connectivity index (χ4v) is 4.50. The highest BCUT2D eigenvalue weighted by molar-refractivity contribution is 8.00. The molecule has 3 aromatic rings. The highest BCUT2D eigenvalue weighted by Gasteiger charge is 2.09. The van der Waals surface area contributed by atoms with Gasteiger partial charge in [-0.05, 0) is 85.0 Å². The van der Waals surface area contributed by atoms with Crippen LogP contribution in [0.2, 0.25) is 0 Å². The number of hydrogen-bond acceptors (Lipinski definition) is 5. The van der Waals surface area contributed by atoms with Gasteiger partial charge in [0.2, 0.25) is 0 Å². The topological polar surface area (TPSA) is 89.3 Å². The maximum atomic E-state index is 12.8. The lowest BCUT2D eigenvalue weighted by Gasteiger charge is -2.18. The molecule has 6 nitrogen and oxygen atoms in total. The zero-order valence-corrected chi connectivity index (χ0v) is 23.1. The number of ether oxygens (including phenoxy) is 1. The summed E-state index contributed by atoms with van der Waals surface area (Å²) >= 11 is 1.54. The number of rotatable bonds is 13. The van der Waals surface area contributed by atoms with Crippen LogP contribution in [0.15, 0.2) is 83.3 Å². The van der Waals surface area contributed by atoms with E-state index in [1.807, 2.05) is 80.6 Å². The Bertz CT molecular complexity index is 1250. The number of amidine groups is 1. The van der Waals surface area contributed by atoms with E-state index in [1.165, 1.54) is 18.1 Å². The Morgan fingerprint density at radius 3 is 2.39 bits per heavy atom. The lowest BCUT2D eigenvalue weighted by molar-refractivity contribution is -0.112. The monoisotopic (exact) mass is 528 g/mol. The van der Waals surface area contributed by atoms with Gasteiger partial charge in [-0.25, -0.2) is 0 Å². The molecule has 1 amide bonds. The number of benzene rings is 3. The third-order valence-corrected chi connectivity index (χ3v) is 6.77. The van der Waals surface area contributed by atoms with Crippen molar-refractivity contribution in [1.29, 1.82) is 10.8 Å². The Balaban J connectivity index is 1.58. The maximum Gasteiger partial charge on any atom is 0.251 e. The van der Waals surface area contributed by atoms with Crippen molar-refractivity contribution in [2.24, 2.45) is 0 Å². The van der Waals surface area contributed by atoms with Crippen LogP contribution in [0.5, 0.6) is 5.75 Å². The van der Waals surface area contributed by atoms with Gasteiger partial charge in [0.1, 0.15) is 11.6 Å². The summed E-state index contributed by atoms with van der Waals surface area (Å²) in [4.78, 5) is 15.5. The van der Waals surface area contributed by atoms with Crippen molar-refractivity contribution in [3.05, 3.63) is 83.9 Å². The van der Waals surface area contributed by atoms with Gasteiger partial charge in [-0.3, -0.25) is 15.6 Å². The Morgan fingerprint density at radius 2 is 1.74 bits per heavy atom. The zero-order valence-electron chi connectivity index (χ0n) is 22.3. The van der Waals surface area contributed by atoms with Crippen molar-refractivity contribution in [2.45, 2.75) is 38.5 Å². The van der Waals surface area contributed by atoms with Crippen molar-refractivity contribution < 1.29 is 9.53 Å². The Hall–Kier alpha value is -3.84. The van der Waals surface area contributed by atoms with Gasteiger partial charge in [0.25, 0.3) is 5.91 Å². The van der Waals surface area contributed by atoms with Crippen LogP contribution >= 0.6 is 11.8 Å². The number of carbonyl (C=O) groups excluding carboxylic acids is 1. The van der Waals surface area contributed by atoms with Gasteiger partial charge in [0.15, 0.2) is 0 Å². The van der Waals surface area contributed by atoms with E-state index in [2.05, 4.69) is 24.4 Å². The smallest absolute Gasteiger partial charge is 0.251 e. The second-order valence-electron chi connectivity index (χ2n) is 8.86. The number of hydrogen-bond donors (Lipinski definition) is 3. The average molecular weight is 529 g/mol. The first kappa shape index (κ1) is 28.7. The highest BCUT2D eigenvalue weighted by atomic mass is 32.2. The van der Waals surface area contributed by atoms with E-state index in [-0.39, 0.29) is 5.91 Å². The molecular weight excluding hydrogens is 492 g/mol. The summed E-state index contributed by atoms with van der Waals surface area (Å²) < 4.78 is 5.67. The fraction of sp³-hybridized carbons (Fsp3) is 0.258. The van der Waals surface area contributed by atoms with Crippen LogP contribution in [0.4, 0.5) is 5.69 Å². The van der Waals surface area contributed by atoms with E-state index in [1.54, 1.807) is 4.90 Å². The predicted molar refractivity (Wildman–Crippen MR) is 161 cm³/mol. The first-order valence-corrected chi connectivity index (χ1v) is 13.8. The van der Waals surface area contributed by atoms with Crippen molar-refractivity contribution in [1.82, 2.24) is 4.90 Å². The van der Waals surface area contributed by atoms with Gasteiger partial charge < -0.3 is 15.0 Å². The number of nitrogens with zero attached hydrogens (tertiary/aromatic N) is 1. The Labute approximate surface area is 230 Å². The third-order valence-electron chi connectivity index (χ3n) is 5.74. The molecule has 0 unspecified atom stereocenters. The zero-order chi connectivity index (χ0) is 27.3. The van der Waals surface area contributed by atoms with Gasteiger partial charge in [-0.1, -0.05) is 44.2 Å². The molecule has 0 spiro atoms. The average Bonchev–Trinajstić information content (AvgIpc) is 2.94. The van der Waals surface area contributed by atoms with Crippen LogP contribution in [-0.4, -0.2) is 41.9 Å². The van der Waals surface area contributed by atoms with E-state index < -0.39 is 0 Å². The number of amides is 1. The van der Waals surface area contributed by atoms with Gasteiger partial charge >= 0.3 is 0 Å². The molecule has 3 aromatic carbocycles. The molecule has 0 bridgehead atoms. The molecule has 3 rings (SSSR count). The molecule has 0 saturated heterocycles. The van der Waals surface area contributed by atoms with E-state index in [0.717, 1.165) is 40.2 Å². The minimum Gasteiger partial charge on any atom is -0.494 e. The lowest BCUT2D eigenvalue weighted by Crippen LogP contribution is -2.30. The highest BCUT2D eigenvalue weighted by Crippen LogP contribution is 2.25. The molecule has 0 aliphatic heterocycles. The van der Waals surface area contributed by atoms with E-state index in [4.69, 9.17) is 15.6 Å². The van der Waals surface area contributed by atoms with E-state index in [9.17, 15) is 4.79 Å². The summed E-state index contributed by atoms with van der Waals surface area (Å²) in [6.45, 7) is 7.31. The molecule has 0 radical (unpaired) electrons. The minimum atomic E-state index is -0.156. The number of carbonyl (C=O) groups is 1. The second kappa shape index (κ2) is 14.8.